The fourth-order valence-electron chi connectivity index (χ4n) is 1.57. The minimum atomic E-state index is -0.227. The first kappa shape index (κ1) is 14.6. The van der Waals surface area contributed by atoms with E-state index in [2.05, 4.69) is 13.8 Å². The summed E-state index contributed by atoms with van der Waals surface area (Å²) in [6.07, 6.45) is 1.95. The molecule has 0 aromatic heterocycles. The van der Waals surface area contributed by atoms with Crippen molar-refractivity contribution in [3.8, 4) is 0 Å². The van der Waals surface area contributed by atoms with Gasteiger partial charge in [0.15, 0.2) is 5.78 Å². The predicted molar refractivity (Wildman–Crippen MR) is 63.9 cm³/mol. The van der Waals surface area contributed by atoms with E-state index in [1.807, 2.05) is 27.7 Å². The molecule has 0 amide bonds. The van der Waals surface area contributed by atoms with Crippen LogP contribution in [0.1, 0.15) is 54.4 Å². The Morgan fingerprint density at radius 1 is 1.07 bits per heavy atom. The van der Waals surface area contributed by atoms with Crippen LogP contribution >= 0.6 is 0 Å². The molecule has 0 bridgehead atoms. The van der Waals surface area contributed by atoms with Gasteiger partial charge >= 0.3 is 0 Å². The van der Waals surface area contributed by atoms with Crippen molar-refractivity contribution < 1.29 is 9.53 Å². The van der Waals surface area contributed by atoms with Crippen molar-refractivity contribution in [2.24, 2.45) is 11.8 Å². The molecule has 0 fully saturated rings. The lowest BCUT2D eigenvalue weighted by Crippen LogP contribution is -2.36. The second-order valence-electron chi connectivity index (χ2n) is 4.80. The summed E-state index contributed by atoms with van der Waals surface area (Å²) in [5.41, 5.74) is 0. The van der Waals surface area contributed by atoms with Gasteiger partial charge in [-0.2, -0.15) is 0 Å². The normalized spacial score (nSPS) is 13.9. The first-order valence-corrected chi connectivity index (χ1v) is 6.13. The van der Waals surface area contributed by atoms with E-state index in [1.165, 1.54) is 0 Å². The van der Waals surface area contributed by atoms with E-state index in [0.717, 1.165) is 12.8 Å². The lowest BCUT2D eigenvalue weighted by atomic mass is 9.95. The quantitative estimate of drug-likeness (QED) is 0.649. The van der Waals surface area contributed by atoms with Crippen molar-refractivity contribution in [3.05, 3.63) is 0 Å². The Morgan fingerprint density at radius 2 is 1.53 bits per heavy atom. The topological polar surface area (TPSA) is 26.3 Å². The Hall–Kier alpha value is -0.370. The molecular weight excluding hydrogens is 188 g/mol. The van der Waals surface area contributed by atoms with Crippen molar-refractivity contribution in [2.45, 2.75) is 66.6 Å². The summed E-state index contributed by atoms with van der Waals surface area (Å²) < 4.78 is 5.88. The average Bonchev–Trinajstić information content (AvgIpc) is 2.18. The first-order valence-electron chi connectivity index (χ1n) is 6.13. The van der Waals surface area contributed by atoms with Crippen LogP contribution in [0.25, 0.3) is 0 Å². The van der Waals surface area contributed by atoms with Crippen LogP contribution in [0, 0.1) is 11.8 Å². The van der Waals surface area contributed by atoms with Crippen molar-refractivity contribution in [1.29, 1.82) is 0 Å². The Morgan fingerprint density at radius 3 is 1.80 bits per heavy atom. The fourth-order valence-corrected chi connectivity index (χ4v) is 1.57. The Bertz CT molecular complexity index is 181. The van der Waals surface area contributed by atoms with Crippen LogP contribution in [-0.2, 0) is 9.53 Å². The van der Waals surface area contributed by atoms with Crippen molar-refractivity contribution in [1.82, 2.24) is 0 Å². The lowest BCUT2D eigenvalue weighted by molar-refractivity contribution is -0.141. The highest BCUT2D eigenvalue weighted by Crippen LogP contribution is 2.17. The Balaban J connectivity index is 4.46. The summed E-state index contributed by atoms with van der Waals surface area (Å²) in [7, 11) is 0. The fraction of sp³-hybridized carbons (Fsp3) is 0.923. The number of ketones is 1. The minimum absolute atomic E-state index is 0.0618. The van der Waals surface area contributed by atoms with Gasteiger partial charge in [-0.3, -0.25) is 4.79 Å². The van der Waals surface area contributed by atoms with Crippen LogP contribution < -0.4 is 0 Å². The van der Waals surface area contributed by atoms with Gasteiger partial charge < -0.3 is 4.74 Å². The van der Waals surface area contributed by atoms with E-state index < -0.39 is 0 Å². The van der Waals surface area contributed by atoms with Crippen LogP contribution in [0.15, 0.2) is 0 Å². The van der Waals surface area contributed by atoms with E-state index in [-0.39, 0.29) is 29.8 Å². The molecule has 0 unspecified atom stereocenters. The molecule has 0 N–H and O–H groups in total. The molecule has 1 atom stereocenters. The first-order chi connectivity index (χ1) is 6.93. The van der Waals surface area contributed by atoms with Gasteiger partial charge in [-0.05, 0) is 18.8 Å². The molecule has 0 rings (SSSR count). The summed E-state index contributed by atoms with van der Waals surface area (Å²) in [6, 6.07) is 0. The van der Waals surface area contributed by atoms with E-state index in [9.17, 15) is 4.79 Å². The molecule has 0 radical (unpaired) electrons. The van der Waals surface area contributed by atoms with Crippen LogP contribution in [0.4, 0.5) is 0 Å². The summed E-state index contributed by atoms with van der Waals surface area (Å²) >= 11 is 0. The van der Waals surface area contributed by atoms with Crippen LogP contribution in [-0.4, -0.2) is 18.0 Å². The number of hydrogen-bond acceptors (Lipinski definition) is 2. The van der Waals surface area contributed by atoms with Crippen LogP contribution in [0.5, 0.6) is 0 Å². The van der Waals surface area contributed by atoms with Gasteiger partial charge in [0.25, 0.3) is 0 Å². The van der Waals surface area contributed by atoms with Gasteiger partial charge in [0, 0.05) is 5.92 Å². The third kappa shape index (κ3) is 4.78. The highest BCUT2D eigenvalue weighted by Gasteiger charge is 2.27. The second kappa shape index (κ2) is 7.00. The molecule has 90 valence electrons. The molecule has 0 aromatic rings. The Labute approximate surface area is 94.4 Å². The maximum Gasteiger partial charge on any atom is 0.164 e. The van der Waals surface area contributed by atoms with Crippen molar-refractivity contribution in [2.75, 3.05) is 0 Å². The van der Waals surface area contributed by atoms with Gasteiger partial charge in [-0.25, -0.2) is 0 Å². The summed E-state index contributed by atoms with van der Waals surface area (Å²) in [4.78, 5) is 11.9. The largest absolute Gasteiger partial charge is 0.367 e. The number of rotatable bonds is 7. The maximum atomic E-state index is 11.9. The molecule has 0 saturated heterocycles. The minimum Gasteiger partial charge on any atom is -0.367 e. The second-order valence-corrected chi connectivity index (χ2v) is 4.80. The average molecular weight is 214 g/mol. The number of carbonyl (C=O) groups excluding carboxylic acids is 1. The zero-order valence-electron chi connectivity index (χ0n) is 11.0. The molecule has 0 heterocycles. The lowest BCUT2D eigenvalue weighted by Gasteiger charge is -2.26. The highest BCUT2D eigenvalue weighted by molar-refractivity contribution is 5.85. The van der Waals surface area contributed by atoms with Crippen molar-refractivity contribution in [3.63, 3.8) is 0 Å². The van der Waals surface area contributed by atoms with E-state index in [0.29, 0.717) is 0 Å². The zero-order valence-corrected chi connectivity index (χ0v) is 11.0. The number of carbonyl (C=O) groups is 1. The summed E-state index contributed by atoms with van der Waals surface area (Å²) in [5, 5.41) is 0. The van der Waals surface area contributed by atoms with Gasteiger partial charge in [-0.15, -0.1) is 0 Å². The molecule has 0 aromatic carbocycles. The summed E-state index contributed by atoms with van der Waals surface area (Å²) in [5.74, 6) is 0.559. The highest BCUT2D eigenvalue weighted by atomic mass is 16.5. The van der Waals surface area contributed by atoms with E-state index in [1.54, 1.807) is 0 Å². The maximum absolute atomic E-state index is 11.9. The molecule has 0 aliphatic carbocycles. The molecule has 2 nitrogen and oxygen atoms in total. The SMILES string of the molecule is CCC(CC)O[C@@H](C(=O)C(C)C)C(C)C. The standard InChI is InChI=1S/C13H26O2/c1-7-11(8-2)15-13(10(5)6)12(14)9(3)4/h9-11,13H,7-8H2,1-6H3/t13-/m1/s1. The number of hydrogen-bond donors (Lipinski definition) is 0. The van der Waals surface area contributed by atoms with E-state index >= 15 is 0 Å². The van der Waals surface area contributed by atoms with Gasteiger partial charge in [0.1, 0.15) is 6.10 Å². The predicted octanol–water partition coefficient (Wildman–Crippen LogP) is 3.44. The van der Waals surface area contributed by atoms with Gasteiger partial charge in [0.05, 0.1) is 6.10 Å². The third-order valence-electron chi connectivity index (χ3n) is 2.70. The monoisotopic (exact) mass is 214 g/mol. The molecule has 0 aliphatic heterocycles. The molecular formula is C13H26O2. The Kier molecular flexibility index (Phi) is 6.82. The third-order valence-corrected chi connectivity index (χ3v) is 2.70. The number of Topliss-reactive ketones (excluding diaryl/α,β-unsaturated/α-hetero) is 1. The van der Waals surface area contributed by atoms with Crippen LogP contribution in [0.2, 0.25) is 0 Å². The van der Waals surface area contributed by atoms with Crippen molar-refractivity contribution >= 4 is 5.78 Å². The van der Waals surface area contributed by atoms with Gasteiger partial charge in [-0.1, -0.05) is 41.5 Å². The smallest absolute Gasteiger partial charge is 0.164 e. The number of ether oxygens (including phenoxy) is 1. The summed E-state index contributed by atoms with van der Waals surface area (Å²) in [6.45, 7) is 12.2. The molecule has 15 heavy (non-hydrogen) atoms. The molecule has 0 saturated carbocycles. The van der Waals surface area contributed by atoms with Crippen LogP contribution in [0.3, 0.4) is 0 Å². The van der Waals surface area contributed by atoms with Gasteiger partial charge in [0.2, 0.25) is 0 Å². The molecule has 0 spiro atoms. The molecule has 2 heteroatoms. The zero-order chi connectivity index (χ0) is 12.0. The van der Waals surface area contributed by atoms with E-state index in [4.69, 9.17) is 4.74 Å². The molecule has 0 aliphatic rings.